The van der Waals surface area contributed by atoms with E-state index >= 15 is 0 Å². The van der Waals surface area contributed by atoms with E-state index in [9.17, 15) is 72.8 Å². The molecule has 10 heterocycles. The van der Waals surface area contributed by atoms with Crippen LogP contribution in [0.1, 0.15) is 165 Å². The van der Waals surface area contributed by atoms with Crippen molar-refractivity contribution in [1.29, 1.82) is 0 Å². The highest BCUT2D eigenvalue weighted by atomic mass is 19.1. The number of nitrogens with one attached hydrogen (secondary N) is 1. The summed E-state index contributed by atoms with van der Waals surface area (Å²) in [6.07, 6.45) is 6.50. The quantitative estimate of drug-likeness (QED) is 0.0833. The summed E-state index contributed by atoms with van der Waals surface area (Å²) in [6, 6.07) is 33.4. The van der Waals surface area contributed by atoms with Crippen molar-refractivity contribution in [2.45, 2.75) is 126 Å². The van der Waals surface area contributed by atoms with Crippen molar-refractivity contribution in [3.63, 3.8) is 0 Å². The molecule has 4 saturated heterocycles. The maximum absolute atomic E-state index is 13.6. The van der Waals surface area contributed by atoms with Gasteiger partial charge < -0.3 is 82.7 Å². The molecule has 5 atom stereocenters. The van der Waals surface area contributed by atoms with Crippen molar-refractivity contribution in [2.24, 2.45) is 28.9 Å². The normalized spacial score (nSPS) is 20.3. The molecule has 128 heavy (non-hydrogen) atoms. The van der Waals surface area contributed by atoms with Gasteiger partial charge in [0.05, 0.1) is 59.2 Å². The third kappa shape index (κ3) is 18.7. The van der Waals surface area contributed by atoms with E-state index in [4.69, 9.17) is 32.4 Å². The Kier molecular flexibility index (Phi) is 24.7. The number of hydrogen-bond acceptors (Lipinski definition) is 21. The zero-order chi connectivity index (χ0) is 91.8. The first-order valence-electron chi connectivity index (χ1n) is 41.0. The molecule has 5 aromatic heterocycles. The van der Waals surface area contributed by atoms with E-state index in [1.807, 2.05) is 12.1 Å². The van der Waals surface area contributed by atoms with Gasteiger partial charge in [-0.25, -0.2) is 32.9 Å². The first-order valence-corrected chi connectivity index (χ1v) is 41.0. The van der Waals surface area contributed by atoms with E-state index in [1.165, 1.54) is 47.4 Å². The molecule has 0 spiro atoms. The van der Waals surface area contributed by atoms with Crippen molar-refractivity contribution in [1.82, 2.24) is 73.9 Å². The van der Waals surface area contributed by atoms with Crippen molar-refractivity contribution >= 4 is 81.1 Å². The fourth-order valence-electron chi connectivity index (χ4n) is 15.6. The number of halogens is 1. The van der Waals surface area contributed by atoms with Gasteiger partial charge in [0.25, 0.3) is 47.3 Å². The Labute approximate surface area is 733 Å². The number of aliphatic hydroxyl groups is 4. The summed E-state index contributed by atoms with van der Waals surface area (Å²) in [4.78, 5) is 133. The van der Waals surface area contributed by atoms with Gasteiger partial charge in [-0.2, -0.15) is 20.4 Å². The first kappa shape index (κ1) is 89.2. The Bertz CT molecular complexity index is 6530. The summed E-state index contributed by atoms with van der Waals surface area (Å²) in [5, 5.41) is 63.5. The lowest BCUT2D eigenvalue weighted by Crippen LogP contribution is -2.40. The lowest BCUT2D eigenvalue weighted by molar-refractivity contribution is -0.138. The number of fused-ring (bicyclic) bond motifs is 4. The zero-order valence-corrected chi connectivity index (χ0v) is 71.2. The Hall–Kier alpha value is -15.1. The Morgan fingerprint density at radius 1 is 0.500 bits per heavy atom. The number of nitrogens with zero attached hydrogens (tertiary/aromatic N) is 14. The molecule has 5 fully saturated rings. The van der Waals surface area contributed by atoms with Gasteiger partial charge in [-0.05, 0) is 156 Å². The molecule has 7 aliphatic rings. The molecular formula is C92H92FN19O16. The molecule has 5 aromatic carbocycles. The number of rotatable bonds is 11. The molecule has 10 aromatic rings. The minimum atomic E-state index is -1.70. The number of carbonyl (C=O) groups is 10. The first-order chi connectivity index (χ1) is 60.7. The molecule has 0 radical (unpaired) electrons. The molecule has 5 aliphatic heterocycles. The number of likely N-dealkylation sites (tertiary alicyclic amines) is 4. The maximum Gasteiger partial charge on any atom is 0.410 e. The number of pyridine rings is 1. The summed E-state index contributed by atoms with van der Waals surface area (Å²) < 4.78 is 30.6. The highest BCUT2D eigenvalue weighted by Gasteiger charge is 2.46. The number of hydrogen-bond donors (Lipinski definition) is 9. The second-order valence-electron chi connectivity index (χ2n) is 33.1. The molecule has 658 valence electrons. The van der Waals surface area contributed by atoms with Crippen molar-refractivity contribution < 1.29 is 82.2 Å². The lowest BCUT2D eigenvalue weighted by atomic mass is 9.90. The Morgan fingerprint density at radius 3 is 1.36 bits per heavy atom. The highest BCUT2D eigenvalue weighted by Crippen LogP contribution is 2.38. The number of ether oxygens (including phenoxy) is 2. The predicted molar refractivity (Wildman–Crippen MR) is 461 cm³/mol. The van der Waals surface area contributed by atoms with Gasteiger partial charge in [-0.3, -0.25) is 43.2 Å². The van der Waals surface area contributed by atoms with Crippen LogP contribution < -0.4 is 33.0 Å². The van der Waals surface area contributed by atoms with Crippen LogP contribution in [0.15, 0.2) is 128 Å². The molecule has 2 aliphatic carbocycles. The Morgan fingerprint density at radius 2 is 0.930 bits per heavy atom. The van der Waals surface area contributed by atoms with Crippen LogP contribution in [0.3, 0.4) is 0 Å². The monoisotopic (exact) mass is 1740 g/mol. The van der Waals surface area contributed by atoms with E-state index in [0.717, 1.165) is 30.7 Å². The van der Waals surface area contributed by atoms with E-state index in [0.29, 0.717) is 136 Å². The minimum absolute atomic E-state index is 0.00135. The molecule has 0 unspecified atom stereocenters. The number of methoxy groups -OCH3 is 1. The van der Waals surface area contributed by atoms with Crippen LogP contribution in [0.2, 0.25) is 0 Å². The van der Waals surface area contributed by atoms with Crippen molar-refractivity contribution in [2.75, 3.05) is 68.0 Å². The van der Waals surface area contributed by atoms with Gasteiger partial charge in [0, 0.05) is 149 Å². The van der Waals surface area contributed by atoms with Gasteiger partial charge in [0.2, 0.25) is 28.3 Å². The number of benzene rings is 5. The van der Waals surface area contributed by atoms with Crippen LogP contribution >= 0.6 is 0 Å². The summed E-state index contributed by atoms with van der Waals surface area (Å²) in [7, 11) is 8.05. The van der Waals surface area contributed by atoms with Crippen molar-refractivity contribution in [3.05, 3.63) is 201 Å². The van der Waals surface area contributed by atoms with E-state index in [2.05, 4.69) is 78.1 Å². The number of likely N-dealkylation sites (N-methyl/N-ethyl adjacent to an activating group) is 4. The van der Waals surface area contributed by atoms with E-state index in [-0.39, 0.29) is 72.9 Å². The second kappa shape index (κ2) is 35.5. The summed E-state index contributed by atoms with van der Waals surface area (Å²) in [6.45, 7) is 7.73. The van der Waals surface area contributed by atoms with Crippen molar-refractivity contribution in [3.8, 4) is 76.0 Å². The number of nitrogens with two attached hydrogens (primary N) is 4. The topological polar surface area (TPSA) is 487 Å². The number of primary amides is 4. The van der Waals surface area contributed by atoms with Gasteiger partial charge in [0.15, 0.2) is 28.6 Å². The van der Waals surface area contributed by atoms with E-state index in [1.54, 1.807) is 167 Å². The molecule has 10 amide bonds. The van der Waals surface area contributed by atoms with Gasteiger partial charge >= 0.3 is 6.09 Å². The predicted octanol–water partition coefficient (Wildman–Crippen LogP) is 3.71. The average Bonchev–Trinajstić information content (AvgIpc) is 1.60. The highest BCUT2D eigenvalue weighted by molar-refractivity contribution is 6.06. The summed E-state index contributed by atoms with van der Waals surface area (Å²) in [5.74, 6) is 18.4. The largest absolute Gasteiger partial charge is 0.497 e. The third-order valence-corrected chi connectivity index (χ3v) is 22.6. The fraction of sp³-hybridized carbons (Fsp3) is 0.337. The molecule has 35 nitrogen and oxygen atoms in total. The summed E-state index contributed by atoms with van der Waals surface area (Å²) >= 11 is 0. The number of amides is 10. The zero-order valence-electron chi connectivity index (χ0n) is 71.2. The van der Waals surface area contributed by atoms with Crippen LogP contribution in [-0.4, -0.2) is 244 Å². The van der Waals surface area contributed by atoms with Gasteiger partial charge in [-0.15, -0.1) is 0 Å². The average molecular weight is 1740 g/mol. The van der Waals surface area contributed by atoms with Gasteiger partial charge in [0.1, 0.15) is 17.2 Å². The van der Waals surface area contributed by atoms with Crippen LogP contribution in [0.25, 0.3) is 44.7 Å². The number of aromatic nitrogens is 9. The smallest absolute Gasteiger partial charge is 0.410 e. The van der Waals surface area contributed by atoms with Gasteiger partial charge in [-0.1, -0.05) is 65.6 Å². The fourth-order valence-corrected chi connectivity index (χ4v) is 15.6. The lowest BCUT2D eigenvalue weighted by Gasteiger charge is -2.30. The van der Waals surface area contributed by atoms with Crippen LogP contribution in [-0.2, 0) is 48.1 Å². The standard InChI is InChI=1S/C25H29N5O5.C24H26N6O4.C22H20N4O4.C21H17FN4O3/c1-24(2,3)35-23(33)29-12-9-19-18(15-29)20(21(26)31)27-30(19)17-7-5-6-16(14-17)8-10-25(34)11-13-28(4)22(25)32;1-29-12-10-24(34,23(29)33)9-7-14-8-11-26-18(13-14)30-17-4-2-3-16(27-22(32)15-5-6-15)19(17)20(28-30)21(25)31;1-25-11-10-22(29,21(25)28)9-8-14-4-3-5-15(12-14)26-18-7-6-16(30-2)13-17(18)19(24-26)20(23)27;1-25-10-9-21(29,20(25)28)8-7-13-3-2-4-15(11-13)26-17-6-5-14(22)12-16(17)18(24-26)19(23)27/h5-7,14,34H,9,11-13,15H2,1-4H3,(H2,26,31);8,11,13,15-16,34H,2-6,10,12H2,1H3,(H2,25,31)(H,27,32);3-7,12-13,29H,10-11H2,1-2H3,(H2,23,27);2-6,11-12,29H,9-10H2,1H3,(H2,23,27)/t25-;16-,24+;22-;21-/m0100/s1. The third-order valence-electron chi connectivity index (χ3n) is 22.6. The minimum Gasteiger partial charge on any atom is -0.497 e. The maximum atomic E-state index is 13.6. The molecular weight excluding hydrogens is 1650 g/mol. The van der Waals surface area contributed by atoms with Crippen LogP contribution in [0.5, 0.6) is 5.75 Å². The molecule has 13 N–H and O–H groups in total. The molecule has 36 heteroatoms. The number of carbonyl (C=O) groups excluding carboxylic acids is 10. The summed E-state index contributed by atoms with van der Waals surface area (Å²) in [5.41, 5.74) is 23.2. The van der Waals surface area contributed by atoms with E-state index < -0.39 is 87.2 Å². The molecule has 1 saturated carbocycles. The van der Waals surface area contributed by atoms with Crippen LogP contribution in [0.4, 0.5) is 9.18 Å². The Balaban J connectivity index is 0.000000138. The molecule has 0 bridgehead atoms. The SMILES string of the molecule is CN1CC[C@@](O)(C#Cc2cccc(-n3nc(C(N)=O)c4c3CCN(C(=O)OC(C)(C)C)C4)c2)C1=O.CN1CC[C@@](O)(C#Cc2cccc(-n3nc(C(N)=O)c4cc(F)ccc43)c2)C1=O.CN1CC[C@@](O)(C#Cc2ccnc(-n3nc(C(N)=O)c4c3CCC[C@H]4NC(=O)C3CC3)c2)C1=O.COc1ccc2c(c1)c(C(N)=O)nn2-c1cccc(C#C[C@]2(O)CCN(C)C2=O)c1. The van der Waals surface area contributed by atoms with Crippen LogP contribution in [0, 0.1) is 59.1 Å². The molecule has 17 rings (SSSR count). The second-order valence-corrected chi connectivity index (χ2v) is 33.1.